The van der Waals surface area contributed by atoms with E-state index in [1.807, 2.05) is 250 Å². The molecule has 0 fully saturated rings. The normalized spacial score (nSPS) is 12.9. The van der Waals surface area contributed by atoms with E-state index in [4.69, 9.17) is 42.0 Å². The van der Waals surface area contributed by atoms with Crippen LogP contribution in [-0.4, -0.2) is 144 Å². The van der Waals surface area contributed by atoms with Gasteiger partial charge in [0.05, 0.1) is 114 Å². The molecule has 2 N–H and O–H groups in total. The van der Waals surface area contributed by atoms with Crippen molar-refractivity contribution in [3.05, 3.63) is 377 Å². The van der Waals surface area contributed by atoms with Crippen molar-refractivity contribution in [2.45, 2.75) is 99.3 Å². The molecule has 0 saturated heterocycles. The van der Waals surface area contributed by atoms with Crippen LogP contribution in [0.15, 0.2) is 296 Å². The van der Waals surface area contributed by atoms with Crippen molar-refractivity contribution < 1.29 is 38.2 Å². The molecule has 133 heavy (non-hydrogen) atoms. The third kappa shape index (κ3) is 24.5. The number of anilines is 2. The molecule has 13 aromatic rings. The van der Waals surface area contributed by atoms with Gasteiger partial charge in [-0.25, -0.2) is 29.3 Å². The Kier molecular flexibility index (Phi) is 31.6. The van der Waals surface area contributed by atoms with Crippen molar-refractivity contribution in [2.24, 2.45) is 25.0 Å². The number of fused-ring (bicyclic) bond motifs is 11. The van der Waals surface area contributed by atoms with Crippen molar-refractivity contribution in [1.29, 1.82) is 0 Å². The van der Waals surface area contributed by atoms with Crippen molar-refractivity contribution in [1.82, 2.24) is 28.7 Å². The summed E-state index contributed by atoms with van der Waals surface area (Å²) >= 11 is 7.01. The number of aromatic nitrogens is 6. The lowest BCUT2D eigenvalue weighted by Gasteiger charge is -2.12. The topological polar surface area (TPSA) is 252 Å². The van der Waals surface area contributed by atoms with Gasteiger partial charge in [0.2, 0.25) is 11.8 Å². The number of amides is 2. The number of benzodiazepines with no additional fused rings is 2. The second-order valence-corrected chi connectivity index (χ2v) is 49.9. The highest BCUT2D eigenvalue weighted by Crippen LogP contribution is 2.35. The van der Waals surface area contributed by atoms with Crippen LogP contribution < -0.4 is 10.6 Å². The fourth-order valence-corrected chi connectivity index (χ4v) is 16.1. The molecule has 5 aliphatic heterocycles. The monoisotopic (exact) mass is 1940 g/mol. The molecule has 26 heteroatoms. The zero-order chi connectivity index (χ0) is 94.5. The number of imidazole rings is 3. The predicted octanol–water partition coefficient (Wildman–Crippen LogP) is 20.6. The SMILES string of the molecule is C#C[Si](C)(C)C.C#Cc1ccc2c(c1)C(c1ccccc1)=NCc1c(C(=O)OCC)ncn1-2.CCOC(=O)c1ncn2c1CN=C(c1ccccc1)c1cc(Br)ccc1-2.CCOC(=O)c1ncn2c1CN=C(c1ccccc1)c1cc(C#C[Si](C)(C)C)ccc1-2.C[Si](C)(C)C#Cc1ccc2c(c1)C(c1ccccc1)=NCC(=O)N2.O=C1CN=C(c2ccccc2)c2cc(Br)ccc2N1. The van der Waals surface area contributed by atoms with E-state index < -0.39 is 42.1 Å². The predicted molar refractivity (Wildman–Crippen MR) is 546 cm³/mol. The Labute approximate surface area is 796 Å². The minimum atomic E-state index is -1.50. The fourth-order valence-electron chi connectivity index (χ4n) is 14.3. The van der Waals surface area contributed by atoms with Crippen LogP contribution in [0.3, 0.4) is 0 Å². The average Bonchev–Trinajstić information content (AvgIpc) is 1.63. The van der Waals surface area contributed by atoms with E-state index >= 15 is 0 Å². The highest BCUT2D eigenvalue weighted by molar-refractivity contribution is 9.10. The van der Waals surface area contributed by atoms with Crippen LogP contribution in [0.25, 0.3) is 17.1 Å². The summed E-state index contributed by atoms with van der Waals surface area (Å²) in [6, 6.07) is 79.5. The van der Waals surface area contributed by atoms with Gasteiger partial charge < -0.3 is 24.8 Å². The summed E-state index contributed by atoms with van der Waals surface area (Å²) in [5.74, 6) is 7.85. The maximum absolute atomic E-state index is 12.4. The number of carbonyl (C=O) groups is 5. The molecule has 0 saturated carbocycles. The van der Waals surface area contributed by atoms with Crippen molar-refractivity contribution in [3.63, 3.8) is 0 Å². The zero-order valence-electron chi connectivity index (χ0n) is 76.1. The van der Waals surface area contributed by atoms with Crippen LogP contribution in [0.2, 0.25) is 58.9 Å². The lowest BCUT2D eigenvalue weighted by Crippen LogP contribution is -2.16. The number of hydrogen-bond donors (Lipinski definition) is 2. The van der Waals surface area contributed by atoms with Crippen LogP contribution in [0.5, 0.6) is 0 Å². The summed E-state index contributed by atoms with van der Waals surface area (Å²) in [7, 11) is -4.04. The van der Waals surface area contributed by atoms with Crippen LogP contribution >= 0.6 is 31.9 Å². The average molecular weight is 1940 g/mol. The van der Waals surface area contributed by atoms with E-state index in [1.165, 1.54) is 0 Å². The lowest BCUT2D eigenvalue weighted by atomic mass is 9.98. The van der Waals surface area contributed by atoms with E-state index in [9.17, 15) is 24.0 Å². The summed E-state index contributed by atoms with van der Waals surface area (Å²) < 4.78 is 23.2. The minimum Gasteiger partial charge on any atom is -0.461 e. The quantitative estimate of drug-likeness (QED) is 0.0533. The Morgan fingerprint density at radius 1 is 0.361 bits per heavy atom. The maximum Gasteiger partial charge on any atom is 0.358 e. The summed E-state index contributed by atoms with van der Waals surface area (Å²) in [5, 5.41) is 5.80. The van der Waals surface area contributed by atoms with Crippen LogP contribution in [-0.2, 0) is 43.4 Å². The molecule has 5 aliphatic rings. The number of terminal acetylenes is 2. The second-order valence-electron chi connectivity index (χ2n) is 33.8. The minimum absolute atomic E-state index is 0.0884. The summed E-state index contributed by atoms with van der Waals surface area (Å²) in [5.41, 5.74) is 33.7. The third-order valence-corrected chi connectivity index (χ3v) is 24.1. The number of esters is 3. The summed E-state index contributed by atoms with van der Waals surface area (Å²) in [6.07, 6.45) is 15.7. The zero-order valence-corrected chi connectivity index (χ0v) is 82.3. The maximum atomic E-state index is 12.4. The van der Waals surface area contributed by atoms with Gasteiger partial charge in [-0.3, -0.25) is 48.3 Å². The van der Waals surface area contributed by atoms with E-state index in [2.05, 4.69) is 167 Å². The number of benzene rings is 10. The molecule has 21 nitrogen and oxygen atoms in total. The largest absolute Gasteiger partial charge is 0.461 e. The number of nitrogens with zero attached hydrogens (tertiary/aromatic N) is 11. The molecule has 18 rings (SSSR count). The molecule has 0 aliphatic carbocycles. The Morgan fingerprint density at radius 2 is 0.632 bits per heavy atom. The number of hydrogen-bond acceptors (Lipinski definition) is 16. The first-order valence-electron chi connectivity index (χ1n) is 43.3. The van der Waals surface area contributed by atoms with E-state index in [-0.39, 0.29) is 24.9 Å². The molecule has 2 amide bonds. The Morgan fingerprint density at radius 3 is 0.962 bits per heavy atom. The molecule has 0 bridgehead atoms. The first kappa shape index (κ1) is 96.0. The van der Waals surface area contributed by atoms with Gasteiger partial charge in [0.1, 0.15) is 56.3 Å². The van der Waals surface area contributed by atoms with Gasteiger partial charge in [-0.1, -0.05) is 260 Å². The summed E-state index contributed by atoms with van der Waals surface area (Å²) in [6.45, 7) is 27.3. The number of carbonyl (C=O) groups excluding carboxylic acids is 5. The van der Waals surface area contributed by atoms with Gasteiger partial charge in [0.25, 0.3) is 0 Å². The molecule has 8 heterocycles. The van der Waals surface area contributed by atoms with Gasteiger partial charge in [0.15, 0.2) is 17.1 Å². The van der Waals surface area contributed by atoms with E-state index in [0.29, 0.717) is 62.2 Å². The molecule has 10 aromatic carbocycles. The van der Waals surface area contributed by atoms with Crippen molar-refractivity contribution in [3.8, 4) is 64.3 Å². The molecule has 0 atom stereocenters. The van der Waals surface area contributed by atoms with Gasteiger partial charge in [0, 0.05) is 81.3 Å². The van der Waals surface area contributed by atoms with Crippen LogP contribution in [0.1, 0.15) is 142 Å². The summed E-state index contributed by atoms with van der Waals surface area (Å²) in [4.78, 5) is 97.0. The number of halogens is 2. The van der Waals surface area contributed by atoms with Crippen LogP contribution in [0, 0.1) is 47.2 Å². The third-order valence-electron chi connectivity index (χ3n) is 20.5. The molecular weight excluding hydrogens is 1840 g/mol. The van der Waals surface area contributed by atoms with Gasteiger partial charge in [-0.05, 0) is 112 Å². The Balaban J connectivity index is 0.000000140. The molecule has 0 unspecified atom stereocenters. The molecule has 0 radical (unpaired) electrons. The first-order valence-corrected chi connectivity index (χ1v) is 55.4. The number of nitrogens with one attached hydrogen (secondary N) is 2. The Hall–Kier alpha value is -14.6. The fraction of sp³-hybridized carbons (Fsp3) is 0.187. The van der Waals surface area contributed by atoms with Gasteiger partial charge in [-0.15, -0.1) is 29.5 Å². The first-order chi connectivity index (χ1) is 64.0. The molecule has 0 spiro atoms. The standard InChI is InChI=1S/C25H25N3O2Si.C22H17N3O2.C20H16BrN3O2.C20H20N2OSi.C15H11BrN2O.C5H10Si/c1-5-30-25(29)24-22-16-26-23(19-9-7-6-8-10-19)20-15-18(13-14-31(2,3)4)11-12-21(20)28(22)17-27-24;1-3-15-10-11-18-17(12-15)20(16-8-6-5-7-9-16)23-13-19-21(22(26)27-4-2)24-14-25(18)19;1-2-26-20(25)19-17-11-22-18(13-6-4-3-5-7-13)15-10-14(21)8-9-16(15)24(17)12-23-19;1-24(2,3)12-11-15-9-10-18-17(13-15)20(21-14-19(23)22-18)16-7-5-4-6-8-16;16-11-6-7-13-12(8-11)15(17-9-14(19)18-13)10-4-2-1-3-5-10;1-5-6(2,3)4/h6-12,15,17H,5,16H2,1-4H3;1,5-12,14H,4,13H2,2H3;3-10,12H,2,11H2,1H3;4-10,13H,14H2,1-3H3,(H,22,23);1-8H,9H2,(H,18,19);1H,2-4H3. The lowest BCUT2D eigenvalue weighted by molar-refractivity contribution is -0.115. The van der Waals surface area contributed by atoms with E-state index in [1.54, 1.807) is 39.8 Å². The number of aliphatic imine (C=N–C) groups is 5. The highest BCUT2D eigenvalue weighted by atomic mass is 79.9. The molecular formula is C107H99Br2N13O8Si3. The van der Waals surface area contributed by atoms with Crippen molar-refractivity contribution >= 4 is 126 Å². The smallest absolute Gasteiger partial charge is 0.358 e. The van der Waals surface area contributed by atoms with E-state index in [0.717, 1.165) is 150 Å². The highest BCUT2D eigenvalue weighted by Gasteiger charge is 2.31. The van der Waals surface area contributed by atoms with Crippen molar-refractivity contribution in [2.75, 3.05) is 43.5 Å². The Bertz CT molecular complexity index is 6950. The molecule has 3 aromatic heterocycles. The van der Waals surface area contributed by atoms with Crippen LogP contribution in [0.4, 0.5) is 11.4 Å². The number of rotatable bonds is 11. The second kappa shape index (κ2) is 43.9. The number of ether oxygens (including phenoxy) is 3. The molecule has 666 valence electrons. The van der Waals surface area contributed by atoms with Gasteiger partial charge in [-0.2, -0.15) is 0 Å². The van der Waals surface area contributed by atoms with Gasteiger partial charge >= 0.3 is 17.9 Å².